The highest BCUT2D eigenvalue weighted by atomic mass is 16.5. The van der Waals surface area contributed by atoms with Crippen molar-refractivity contribution in [1.82, 2.24) is 9.55 Å². The third kappa shape index (κ3) is 6.15. The van der Waals surface area contributed by atoms with E-state index in [2.05, 4.69) is 248 Å². The summed E-state index contributed by atoms with van der Waals surface area (Å²) in [5, 5.41) is 2.39. The molecule has 6 nitrogen and oxygen atoms in total. The minimum atomic E-state index is -0.234. The Labute approximate surface area is 419 Å². The van der Waals surface area contributed by atoms with Crippen LogP contribution in [0.15, 0.2) is 152 Å². The molecule has 7 aromatic carbocycles. The molecule has 71 heavy (non-hydrogen) atoms. The molecule has 4 aliphatic rings. The quantitative estimate of drug-likeness (QED) is 0.172. The molecule has 0 bridgehead atoms. The molecule has 0 spiro atoms. The molecule has 6 heteroatoms. The van der Waals surface area contributed by atoms with Crippen molar-refractivity contribution in [1.29, 1.82) is 0 Å². The minimum absolute atomic E-state index is 0.0127. The number of hydrogen-bond acceptors (Lipinski definition) is 5. The topological polar surface area (TPSA) is 36.8 Å². The lowest BCUT2D eigenvalue weighted by atomic mass is 9.61. The fourth-order valence-electron chi connectivity index (χ4n) is 12.6. The summed E-state index contributed by atoms with van der Waals surface area (Å²) < 4.78 is 9.19. The summed E-state index contributed by atoms with van der Waals surface area (Å²) in [5.74, 6) is 2.46. The van der Waals surface area contributed by atoms with Crippen molar-refractivity contribution >= 4 is 61.6 Å². The van der Waals surface area contributed by atoms with Crippen molar-refractivity contribution in [3.05, 3.63) is 196 Å². The highest BCUT2D eigenvalue weighted by Crippen LogP contribution is 2.66. The Balaban J connectivity index is 0.890. The maximum absolute atomic E-state index is 6.89. The van der Waals surface area contributed by atoms with Crippen LogP contribution in [0.3, 0.4) is 0 Å². The molecule has 0 saturated carbocycles. The molecule has 6 heterocycles. The summed E-state index contributed by atoms with van der Waals surface area (Å²) >= 11 is 0. The van der Waals surface area contributed by atoms with Crippen LogP contribution in [0.25, 0.3) is 27.6 Å². The van der Waals surface area contributed by atoms with Gasteiger partial charge >= 0.3 is 0 Å². The lowest BCUT2D eigenvalue weighted by Gasteiger charge is -2.55. The van der Waals surface area contributed by atoms with Gasteiger partial charge in [-0.25, -0.2) is 4.98 Å². The van der Waals surface area contributed by atoms with Gasteiger partial charge < -0.3 is 19.4 Å². The minimum Gasteiger partial charge on any atom is -0.457 e. The van der Waals surface area contributed by atoms with E-state index in [1.165, 1.54) is 89.4 Å². The van der Waals surface area contributed by atoms with Crippen molar-refractivity contribution in [2.45, 2.75) is 110 Å². The molecule has 0 fully saturated rings. The average molecular weight is 930 g/mol. The van der Waals surface area contributed by atoms with Gasteiger partial charge in [-0.2, -0.15) is 0 Å². The summed E-state index contributed by atoms with van der Waals surface area (Å²) in [6, 6.07) is 54.3. The molecule has 0 aliphatic carbocycles. The predicted octanol–water partition coefficient (Wildman–Crippen LogP) is 17.2. The van der Waals surface area contributed by atoms with Gasteiger partial charge in [0.25, 0.3) is 0 Å². The van der Waals surface area contributed by atoms with Crippen LogP contribution in [0, 0.1) is 0 Å². The summed E-state index contributed by atoms with van der Waals surface area (Å²) in [7, 11) is 0. The number of benzene rings is 7. The Bertz CT molecular complexity index is 3650. The van der Waals surface area contributed by atoms with Crippen LogP contribution in [-0.2, 0) is 27.1 Å². The van der Waals surface area contributed by atoms with Crippen LogP contribution in [0.2, 0.25) is 0 Å². The molecule has 2 aromatic heterocycles. The summed E-state index contributed by atoms with van der Waals surface area (Å²) in [6.07, 6.45) is 1.94. The van der Waals surface area contributed by atoms with Gasteiger partial charge in [0, 0.05) is 56.7 Å². The second kappa shape index (κ2) is 14.4. The van der Waals surface area contributed by atoms with Gasteiger partial charge in [-0.1, -0.05) is 144 Å². The van der Waals surface area contributed by atoms with E-state index >= 15 is 0 Å². The SMILES string of the molecule is CC(C)(C)c1ccnc(-n2c3ccc(C(C)(C)C)cc3c3ccc(Oc4cccc(N5CN(c6cc7c8c(c6)C(C)(C)c6cccc9c6N8c6c(cccc6C7(C)C)C9(C)C)c6ccccc65)c4)cc32)c1. The number of pyridine rings is 1. The number of hydrogen-bond donors (Lipinski definition) is 0. The molecule has 0 atom stereocenters. The zero-order chi connectivity index (χ0) is 49.3. The van der Waals surface area contributed by atoms with E-state index in [0.717, 1.165) is 34.0 Å². The maximum atomic E-state index is 6.89. The van der Waals surface area contributed by atoms with Crippen LogP contribution < -0.4 is 19.4 Å². The van der Waals surface area contributed by atoms with Crippen LogP contribution in [0.4, 0.5) is 39.8 Å². The second-order valence-corrected chi connectivity index (χ2v) is 24.2. The average Bonchev–Trinajstić information content (AvgIpc) is 3.88. The molecular formula is C65H63N5O. The Morgan fingerprint density at radius 2 is 0.986 bits per heavy atom. The molecule has 13 rings (SSSR count). The number of ether oxygens (including phenoxy) is 1. The lowest BCUT2D eigenvalue weighted by molar-refractivity contribution is 0.483. The molecule has 0 saturated heterocycles. The summed E-state index contributed by atoms with van der Waals surface area (Å²) in [4.78, 5) is 12.6. The van der Waals surface area contributed by atoms with Crippen molar-refractivity contribution < 1.29 is 4.74 Å². The molecule has 354 valence electrons. The second-order valence-electron chi connectivity index (χ2n) is 24.2. The first kappa shape index (κ1) is 43.7. The van der Waals surface area contributed by atoms with Crippen molar-refractivity contribution in [3.63, 3.8) is 0 Å². The van der Waals surface area contributed by atoms with E-state index in [-0.39, 0.29) is 27.1 Å². The van der Waals surface area contributed by atoms with E-state index in [1.54, 1.807) is 0 Å². The molecule has 0 unspecified atom stereocenters. The van der Waals surface area contributed by atoms with Crippen molar-refractivity contribution in [2.75, 3.05) is 21.4 Å². The number of fused-ring (bicyclic) bond motifs is 4. The maximum Gasteiger partial charge on any atom is 0.137 e. The van der Waals surface area contributed by atoms with Gasteiger partial charge in [-0.3, -0.25) is 4.57 Å². The van der Waals surface area contributed by atoms with E-state index in [0.29, 0.717) is 6.67 Å². The Hall–Kier alpha value is -7.31. The van der Waals surface area contributed by atoms with Crippen LogP contribution >= 0.6 is 0 Å². The number of anilines is 7. The normalized spacial score (nSPS) is 16.6. The highest BCUT2D eigenvalue weighted by Gasteiger charge is 2.52. The molecule has 4 aliphatic heterocycles. The smallest absolute Gasteiger partial charge is 0.137 e. The van der Waals surface area contributed by atoms with Gasteiger partial charge in [0.2, 0.25) is 0 Å². The fourth-order valence-corrected chi connectivity index (χ4v) is 12.6. The first-order valence-electron chi connectivity index (χ1n) is 25.5. The third-order valence-electron chi connectivity index (χ3n) is 16.7. The Morgan fingerprint density at radius 3 is 1.59 bits per heavy atom. The van der Waals surface area contributed by atoms with Gasteiger partial charge in [-0.05, 0) is 128 Å². The number of para-hydroxylation sites is 4. The van der Waals surface area contributed by atoms with Crippen molar-refractivity contribution in [2.24, 2.45) is 0 Å². The molecule has 0 N–H and O–H groups in total. The summed E-state index contributed by atoms with van der Waals surface area (Å²) in [5.41, 5.74) is 21.2. The van der Waals surface area contributed by atoms with E-state index in [4.69, 9.17) is 9.72 Å². The predicted molar refractivity (Wildman–Crippen MR) is 296 cm³/mol. The molecule has 9 aromatic rings. The number of aromatic nitrogens is 2. The molecule has 0 radical (unpaired) electrons. The third-order valence-corrected chi connectivity index (χ3v) is 16.7. The van der Waals surface area contributed by atoms with E-state index < -0.39 is 0 Å². The number of rotatable bonds is 5. The van der Waals surface area contributed by atoms with Gasteiger partial charge in [-0.15, -0.1) is 0 Å². The first-order valence-corrected chi connectivity index (χ1v) is 25.5. The van der Waals surface area contributed by atoms with E-state index in [1.807, 2.05) is 6.20 Å². The largest absolute Gasteiger partial charge is 0.457 e. The molecule has 0 amide bonds. The number of nitrogens with zero attached hydrogens (tertiary/aromatic N) is 5. The van der Waals surface area contributed by atoms with Crippen molar-refractivity contribution in [3.8, 4) is 17.3 Å². The highest BCUT2D eigenvalue weighted by molar-refractivity contribution is 6.10. The molecular weight excluding hydrogens is 867 g/mol. The fraction of sp³-hybridized carbons (Fsp3) is 0.277. The van der Waals surface area contributed by atoms with Crippen LogP contribution in [0.1, 0.15) is 128 Å². The zero-order valence-corrected chi connectivity index (χ0v) is 43.3. The lowest BCUT2D eigenvalue weighted by Crippen LogP contribution is -2.43. The first-order chi connectivity index (χ1) is 33.7. The van der Waals surface area contributed by atoms with Crippen LogP contribution in [0.5, 0.6) is 11.5 Å². The monoisotopic (exact) mass is 930 g/mol. The van der Waals surface area contributed by atoms with Crippen LogP contribution in [-0.4, -0.2) is 16.2 Å². The standard InChI is InChI=1S/C65H63N5O/c1-61(2,3)39-26-29-53-46(32-39)45-28-27-44(37-56(45)69(53)57-33-40(30-31-66-57)62(4,5)6)71-43-19-15-18-41(34-43)67-38-68(55-25-14-13-24-54(55)67)42-35-51-60-52(36-42)65(11,12)50-23-17-21-48-59(50)70(60)58-47(63(48,7)8)20-16-22-49(58)64(51,9)10/h13-37H,38H2,1-12H3. The zero-order valence-electron chi connectivity index (χ0n) is 43.3. The summed E-state index contributed by atoms with van der Waals surface area (Å²) in [6.45, 7) is 28.8. The van der Waals surface area contributed by atoms with Gasteiger partial charge in [0.1, 0.15) is 24.0 Å². The van der Waals surface area contributed by atoms with Gasteiger partial charge in [0.05, 0.1) is 39.5 Å². The van der Waals surface area contributed by atoms with E-state index in [9.17, 15) is 0 Å². The van der Waals surface area contributed by atoms with Gasteiger partial charge in [0.15, 0.2) is 0 Å². The Morgan fingerprint density at radius 1 is 0.451 bits per heavy atom. The Kier molecular flexibility index (Phi) is 8.86.